The van der Waals surface area contributed by atoms with Crippen molar-refractivity contribution < 1.29 is 38.9 Å². The van der Waals surface area contributed by atoms with Crippen LogP contribution in [0.3, 0.4) is 0 Å². The Kier molecular flexibility index (Phi) is 7.95. The Labute approximate surface area is 246 Å². The van der Waals surface area contributed by atoms with Gasteiger partial charge in [0.25, 0.3) is 17.7 Å². The largest absolute Gasteiger partial charge is 0.477 e. The number of carboxylic acids is 1. The molecule has 0 spiro atoms. The summed E-state index contributed by atoms with van der Waals surface area (Å²) >= 11 is 2.28. The lowest BCUT2D eigenvalue weighted by molar-refractivity contribution is -0.684. The minimum Gasteiger partial charge on any atom is -0.477 e. The Bertz CT molecular complexity index is 1580. The number of nitrogens with zero attached hydrogens (tertiary/aromatic N) is 5. The molecule has 2 atom stereocenters. The van der Waals surface area contributed by atoms with Crippen LogP contribution in [0.5, 0.6) is 0 Å². The quantitative estimate of drug-likeness (QED) is 0.0565. The summed E-state index contributed by atoms with van der Waals surface area (Å²) in [4.78, 5) is 68.8. The second-order valence-corrected chi connectivity index (χ2v) is 11.5. The topological polar surface area (TPSA) is 225 Å². The van der Waals surface area contributed by atoms with Crippen LogP contribution >= 0.6 is 23.1 Å². The third-order valence-electron chi connectivity index (χ3n) is 6.80. The summed E-state index contributed by atoms with van der Waals surface area (Å²) in [6.07, 6.45) is 5.32. The number of aliphatic carboxylic acids is 1. The highest BCUT2D eigenvalue weighted by atomic mass is 32.2. The number of amides is 4. The number of allylic oxidation sites excluding steroid dienone is 1. The monoisotopic (exact) mass is 613 g/mol. The number of aromatic nitrogens is 2. The summed E-state index contributed by atoms with van der Waals surface area (Å²) in [6, 6.07) is 2.51. The number of carbonyl (C=O) groups excluding carboxylic acids is 4. The summed E-state index contributed by atoms with van der Waals surface area (Å²) in [6.45, 7) is 0.804. The molecule has 2 aromatic heterocycles. The van der Waals surface area contributed by atoms with Crippen LogP contribution in [0, 0.1) is 0 Å². The fourth-order valence-electron chi connectivity index (χ4n) is 4.83. The van der Waals surface area contributed by atoms with Crippen molar-refractivity contribution in [2.24, 2.45) is 10.9 Å². The molecule has 0 unspecified atom stereocenters. The van der Waals surface area contributed by atoms with E-state index in [0.717, 1.165) is 21.8 Å². The van der Waals surface area contributed by atoms with Crippen molar-refractivity contribution >= 4 is 63.5 Å². The number of thioether (sulfide) groups is 1. The van der Waals surface area contributed by atoms with E-state index in [0.29, 0.717) is 30.7 Å². The van der Waals surface area contributed by atoms with Crippen LogP contribution < -0.4 is 21.4 Å². The number of nitrogens with one attached hydrogen (secondary N) is 1. The van der Waals surface area contributed by atoms with Crippen molar-refractivity contribution in [1.82, 2.24) is 20.1 Å². The van der Waals surface area contributed by atoms with E-state index in [-0.39, 0.29) is 34.7 Å². The molecule has 0 aromatic carbocycles. The van der Waals surface area contributed by atoms with E-state index in [2.05, 4.69) is 15.5 Å². The number of hydrogen-bond acceptors (Lipinski definition) is 11. The minimum absolute atomic E-state index is 0.0340. The average molecular weight is 614 g/mol. The van der Waals surface area contributed by atoms with Crippen molar-refractivity contribution in [2.75, 3.05) is 18.0 Å². The summed E-state index contributed by atoms with van der Waals surface area (Å²) in [5.74, 6) is -3.39. The number of anilines is 1. The van der Waals surface area contributed by atoms with Crippen LogP contribution in [0.15, 0.2) is 58.0 Å². The van der Waals surface area contributed by atoms with Crippen molar-refractivity contribution in [3.05, 3.63) is 64.1 Å². The smallest absolute Gasteiger partial charge is 0.352 e. The van der Waals surface area contributed by atoms with Gasteiger partial charge in [-0.2, -0.15) is 4.57 Å². The standard InChI is InChI=1S/C25H24N8O7S2/c26-16(34)9-31-4-1-12(2-5-31)8-32-6-3-13(21(32)36)7-14-10-41-23-18(22(37)33(23)19(14)24(38)39)29-20(35)17(30-40)15-11-42-25(27)28-15/h1-2,4-5,7,11,18,23H,3,6,8-10H2,(H6-,26,27,28,29,34,35,38,39,40)/p+1/b13-7+/t18-,23-/m1/s1. The zero-order chi connectivity index (χ0) is 30.1. The molecule has 2 fully saturated rings. The Morgan fingerprint density at radius 3 is 2.62 bits per heavy atom. The number of oxime groups is 1. The predicted molar refractivity (Wildman–Crippen MR) is 148 cm³/mol. The molecule has 42 heavy (non-hydrogen) atoms. The fourth-order valence-corrected chi connectivity index (χ4v) is 6.69. The summed E-state index contributed by atoms with van der Waals surface area (Å²) in [5.41, 5.74) is 11.7. The van der Waals surface area contributed by atoms with Gasteiger partial charge in [0.2, 0.25) is 12.5 Å². The first kappa shape index (κ1) is 28.7. The van der Waals surface area contributed by atoms with Crippen molar-refractivity contribution in [3.8, 4) is 0 Å². The number of rotatable bonds is 9. The SMILES string of the molecule is NC(=O)C[n+]1ccc(CN2CC/C(=C\C3=C(C(=O)O)N4C(=O)[C@@H](NC(=O)/C(=N\O)c5csc(N)n5)[C@H]4SC3)C2=O)cc1. The lowest BCUT2D eigenvalue weighted by Gasteiger charge is -2.49. The van der Waals surface area contributed by atoms with Gasteiger partial charge in [-0.25, -0.2) is 9.78 Å². The van der Waals surface area contributed by atoms with Crippen molar-refractivity contribution in [1.29, 1.82) is 0 Å². The molecule has 2 aromatic rings. The van der Waals surface area contributed by atoms with E-state index in [1.807, 2.05) is 0 Å². The van der Waals surface area contributed by atoms with Gasteiger partial charge >= 0.3 is 5.97 Å². The lowest BCUT2D eigenvalue weighted by atomic mass is 10.0. The minimum atomic E-state index is -1.34. The van der Waals surface area contributed by atoms with Gasteiger partial charge in [-0.05, 0) is 23.6 Å². The van der Waals surface area contributed by atoms with Gasteiger partial charge in [-0.1, -0.05) is 5.16 Å². The first-order valence-corrected chi connectivity index (χ1v) is 14.4. The van der Waals surface area contributed by atoms with E-state index in [1.165, 1.54) is 23.2 Å². The molecule has 0 saturated carbocycles. The van der Waals surface area contributed by atoms with Crippen LogP contribution in [0.4, 0.5) is 5.13 Å². The molecular weight excluding hydrogens is 588 g/mol. The van der Waals surface area contributed by atoms with Gasteiger partial charge in [0.1, 0.15) is 22.8 Å². The Morgan fingerprint density at radius 2 is 2.00 bits per heavy atom. The molecule has 17 heteroatoms. The second-order valence-electron chi connectivity index (χ2n) is 9.55. The Hall–Kier alpha value is -4.77. The molecule has 4 amide bonds. The maximum Gasteiger partial charge on any atom is 0.352 e. The number of thiazole rings is 1. The number of likely N-dealkylation sites (tertiary alicyclic amines) is 1. The van der Waals surface area contributed by atoms with E-state index >= 15 is 0 Å². The van der Waals surface area contributed by atoms with Gasteiger partial charge in [0.15, 0.2) is 23.2 Å². The third-order valence-corrected chi connectivity index (χ3v) is 8.78. The first-order valence-electron chi connectivity index (χ1n) is 12.5. The van der Waals surface area contributed by atoms with Gasteiger partial charge in [-0.3, -0.25) is 24.1 Å². The van der Waals surface area contributed by atoms with Crippen LogP contribution in [-0.4, -0.2) is 84.1 Å². The number of carbonyl (C=O) groups is 5. The van der Waals surface area contributed by atoms with Crippen LogP contribution in [0.25, 0.3) is 0 Å². The summed E-state index contributed by atoms with van der Waals surface area (Å²) in [5, 5.41) is 25.6. The fraction of sp³-hybridized carbons (Fsp3) is 0.280. The van der Waals surface area contributed by atoms with E-state index in [9.17, 15) is 34.3 Å². The third kappa shape index (κ3) is 5.55. The Balaban J connectivity index is 1.28. The highest BCUT2D eigenvalue weighted by Gasteiger charge is 2.54. The number of nitrogen functional groups attached to an aromatic ring is 1. The Morgan fingerprint density at radius 1 is 1.26 bits per heavy atom. The number of hydrogen-bond donors (Lipinski definition) is 5. The van der Waals surface area contributed by atoms with E-state index in [1.54, 1.807) is 34.0 Å². The van der Waals surface area contributed by atoms with Crippen molar-refractivity contribution in [2.45, 2.75) is 30.9 Å². The molecule has 218 valence electrons. The molecule has 15 nitrogen and oxygen atoms in total. The summed E-state index contributed by atoms with van der Waals surface area (Å²) < 4.78 is 1.63. The molecule has 0 bridgehead atoms. The molecule has 0 radical (unpaired) electrons. The molecule has 3 aliphatic rings. The highest BCUT2D eigenvalue weighted by Crippen LogP contribution is 2.41. The molecule has 5 rings (SSSR count). The molecule has 2 saturated heterocycles. The molecule has 3 aliphatic heterocycles. The highest BCUT2D eigenvalue weighted by molar-refractivity contribution is 8.00. The van der Waals surface area contributed by atoms with Crippen molar-refractivity contribution in [3.63, 3.8) is 0 Å². The van der Waals surface area contributed by atoms with E-state index < -0.39 is 40.8 Å². The first-order chi connectivity index (χ1) is 20.1. The number of primary amides is 1. The lowest BCUT2D eigenvalue weighted by Crippen LogP contribution is -2.71. The number of fused-ring (bicyclic) bond motifs is 1. The van der Waals surface area contributed by atoms with Crippen LogP contribution in [-0.2, 0) is 37.1 Å². The number of carboxylic acid groups (broad SMARTS) is 1. The number of nitrogens with two attached hydrogens (primary N) is 2. The second kappa shape index (κ2) is 11.6. The zero-order valence-corrected chi connectivity index (χ0v) is 23.4. The molecule has 0 aliphatic carbocycles. The zero-order valence-electron chi connectivity index (χ0n) is 21.8. The predicted octanol–water partition coefficient (Wildman–Crippen LogP) is -1.23. The van der Waals surface area contributed by atoms with Gasteiger partial charge in [0.05, 0.1) is 0 Å². The van der Waals surface area contributed by atoms with Gasteiger partial charge in [-0.15, -0.1) is 23.1 Å². The molecular formula is C25H25N8O7S2+. The molecule has 5 heterocycles. The van der Waals surface area contributed by atoms with Crippen LogP contribution in [0.1, 0.15) is 17.7 Å². The van der Waals surface area contributed by atoms with Gasteiger partial charge < -0.3 is 32.0 Å². The maximum atomic E-state index is 13.1. The normalized spacial score (nSPS) is 21.4. The van der Waals surface area contributed by atoms with Gasteiger partial charge in [0, 0.05) is 41.9 Å². The maximum absolute atomic E-state index is 13.1. The number of pyridine rings is 1. The summed E-state index contributed by atoms with van der Waals surface area (Å²) in [7, 11) is 0. The average Bonchev–Trinajstić information content (AvgIpc) is 3.53. The van der Waals surface area contributed by atoms with E-state index in [4.69, 9.17) is 11.5 Å². The number of β-lactam (4-membered cyclic amide) rings is 1. The van der Waals surface area contributed by atoms with Crippen LogP contribution in [0.2, 0.25) is 0 Å². The molecule has 7 N–H and O–H groups in total.